The molecular formula is C10H23NO2S. The maximum Gasteiger partial charge on any atom is 0.219 e. The van der Waals surface area contributed by atoms with Crippen molar-refractivity contribution >= 4 is 10.0 Å². The smallest absolute Gasteiger partial charge is 0.212 e. The number of nitrogens with zero attached hydrogens (tertiary/aromatic N) is 1. The first-order valence-corrected chi connectivity index (χ1v) is 6.83. The van der Waals surface area contributed by atoms with Gasteiger partial charge in [0.1, 0.15) is 0 Å². The molecule has 14 heavy (non-hydrogen) atoms. The standard InChI is InChI=1S/C10H23NO2S/c1-6-10(5,7-2)14(12,13)11(8-3)9-4/h6-9H2,1-5H3. The van der Waals surface area contributed by atoms with E-state index in [9.17, 15) is 8.42 Å². The zero-order valence-electron chi connectivity index (χ0n) is 10.0. The van der Waals surface area contributed by atoms with Crippen LogP contribution in [0.4, 0.5) is 0 Å². The lowest BCUT2D eigenvalue weighted by molar-refractivity contribution is 0.403. The van der Waals surface area contributed by atoms with Crippen molar-refractivity contribution in [3.05, 3.63) is 0 Å². The minimum absolute atomic E-state index is 0.564. The van der Waals surface area contributed by atoms with Gasteiger partial charge in [-0.05, 0) is 19.8 Å². The molecule has 0 spiro atoms. The van der Waals surface area contributed by atoms with Gasteiger partial charge in [0.25, 0.3) is 0 Å². The Hall–Kier alpha value is -0.0900. The third-order valence-electron chi connectivity index (χ3n) is 3.16. The molecule has 4 heteroatoms. The van der Waals surface area contributed by atoms with Crippen molar-refractivity contribution in [3.8, 4) is 0 Å². The van der Waals surface area contributed by atoms with Crippen molar-refractivity contribution in [2.45, 2.75) is 52.2 Å². The summed E-state index contributed by atoms with van der Waals surface area (Å²) in [6, 6.07) is 0. The molecule has 0 amide bonds. The van der Waals surface area contributed by atoms with E-state index >= 15 is 0 Å². The zero-order chi connectivity index (χ0) is 11.4. The summed E-state index contributed by atoms with van der Waals surface area (Å²) in [5.41, 5.74) is 0. The van der Waals surface area contributed by atoms with E-state index in [1.165, 1.54) is 0 Å². The molecule has 0 aliphatic carbocycles. The largest absolute Gasteiger partial charge is 0.219 e. The molecule has 0 heterocycles. The van der Waals surface area contributed by atoms with Crippen molar-refractivity contribution < 1.29 is 8.42 Å². The monoisotopic (exact) mass is 221 g/mol. The van der Waals surface area contributed by atoms with Crippen LogP contribution >= 0.6 is 0 Å². The minimum Gasteiger partial charge on any atom is -0.212 e. The Kier molecular flexibility index (Phi) is 5.09. The first-order valence-electron chi connectivity index (χ1n) is 5.39. The van der Waals surface area contributed by atoms with Gasteiger partial charge in [0.2, 0.25) is 10.0 Å². The Balaban J connectivity index is 5.11. The minimum atomic E-state index is -3.13. The average molecular weight is 221 g/mol. The third-order valence-corrected chi connectivity index (χ3v) is 6.18. The van der Waals surface area contributed by atoms with Crippen LogP contribution in [-0.4, -0.2) is 30.6 Å². The molecule has 0 unspecified atom stereocenters. The number of rotatable bonds is 6. The second-order valence-corrected chi connectivity index (χ2v) is 6.20. The number of hydrogen-bond donors (Lipinski definition) is 0. The van der Waals surface area contributed by atoms with Gasteiger partial charge in [0.15, 0.2) is 0 Å². The summed E-state index contributed by atoms with van der Waals surface area (Å²) in [5, 5.41) is 0. The molecule has 0 aromatic carbocycles. The van der Waals surface area contributed by atoms with Gasteiger partial charge < -0.3 is 0 Å². The van der Waals surface area contributed by atoms with Crippen molar-refractivity contribution in [1.82, 2.24) is 4.31 Å². The lowest BCUT2D eigenvalue weighted by atomic mass is 10.1. The summed E-state index contributed by atoms with van der Waals surface area (Å²) in [6.45, 7) is 10.6. The fourth-order valence-corrected chi connectivity index (χ4v) is 3.52. The van der Waals surface area contributed by atoms with Gasteiger partial charge in [-0.25, -0.2) is 12.7 Å². The van der Waals surface area contributed by atoms with Crippen LogP contribution in [-0.2, 0) is 10.0 Å². The van der Waals surface area contributed by atoms with E-state index in [1.807, 2.05) is 34.6 Å². The molecule has 0 fully saturated rings. The first-order chi connectivity index (χ1) is 6.39. The van der Waals surface area contributed by atoms with Gasteiger partial charge in [-0.2, -0.15) is 0 Å². The predicted molar refractivity (Wildman–Crippen MR) is 60.8 cm³/mol. The van der Waals surface area contributed by atoms with Crippen LogP contribution < -0.4 is 0 Å². The Morgan fingerprint density at radius 2 is 1.36 bits per heavy atom. The van der Waals surface area contributed by atoms with Gasteiger partial charge in [0.05, 0.1) is 4.75 Å². The lowest BCUT2D eigenvalue weighted by Gasteiger charge is -2.32. The Labute approximate surface area is 88.5 Å². The molecule has 0 aliphatic rings. The van der Waals surface area contributed by atoms with Crippen molar-refractivity contribution in [2.75, 3.05) is 13.1 Å². The number of hydrogen-bond acceptors (Lipinski definition) is 2. The third kappa shape index (κ3) is 2.28. The maximum atomic E-state index is 12.2. The van der Waals surface area contributed by atoms with Crippen LogP contribution in [0.1, 0.15) is 47.5 Å². The van der Waals surface area contributed by atoms with Gasteiger partial charge in [0, 0.05) is 13.1 Å². The quantitative estimate of drug-likeness (QED) is 0.690. The van der Waals surface area contributed by atoms with E-state index < -0.39 is 14.8 Å². The second kappa shape index (κ2) is 5.12. The van der Waals surface area contributed by atoms with Crippen molar-refractivity contribution in [1.29, 1.82) is 0 Å². The highest BCUT2D eigenvalue weighted by molar-refractivity contribution is 7.90. The van der Waals surface area contributed by atoms with Gasteiger partial charge in [-0.3, -0.25) is 0 Å². The second-order valence-electron chi connectivity index (χ2n) is 3.75. The highest BCUT2D eigenvalue weighted by Crippen LogP contribution is 2.28. The van der Waals surface area contributed by atoms with Crippen LogP contribution in [0.25, 0.3) is 0 Å². The summed E-state index contributed by atoms with van der Waals surface area (Å²) in [5.74, 6) is 0. The van der Waals surface area contributed by atoms with E-state index in [-0.39, 0.29) is 0 Å². The Morgan fingerprint density at radius 3 is 1.57 bits per heavy atom. The van der Waals surface area contributed by atoms with Crippen LogP contribution in [0.15, 0.2) is 0 Å². The highest BCUT2D eigenvalue weighted by Gasteiger charge is 2.38. The maximum absolute atomic E-state index is 12.2. The van der Waals surface area contributed by atoms with Crippen molar-refractivity contribution in [3.63, 3.8) is 0 Å². The summed E-state index contributed by atoms with van der Waals surface area (Å²) >= 11 is 0. The van der Waals surface area contributed by atoms with E-state index in [4.69, 9.17) is 0 Å². The summed E-state index contributed by atoms with van der Waals surface area (Å²) in [6.07, 6.45) is 1.34. The summed E-state index contributed by atoms with van der Waals surface area (Å²) < 4.78 is 25.4. The molecule has 0 rings (SSSR count). The topological polar surface area (TPSA) is 37.4 Å². The highest BCUT2D eigenvalue weighted by atomic mass is 32.2. The zero-order valence-corrected chi connectivity index (χ0v) is 10.8. The molecule has 0 saturated carbocycles. The lowest BCUT2D eigenvalue weighted by Crippen LogP contribution is -2.45. The molecule has 0 bridgehead atoms. The molecule has 0 aromatic rings. The van der Waals surface area contributed by atoms with Gasteiger partial charge >= 0.3 is 0 Å². The molecule has 0 aliphatic heterocycles. The fourth-order valence-electron chi connectivity index (χ4n) is 1.49. The average Bonchev–Trinajstić information content (AvgIpc) is 2.17. The van der Waals surface area contributed by atoms with Crippen molar-refractivity contribution in [2.24, 2.45) is 0 Å². The Bertz CT molecular complexity index is 251. The molecule has 0 saturated heterocycles. The first kappa shape index (κ1) is 13.9. The molecule has 0 N–H and O–H groups in total. The van der Waals surface area contributed by atoms with Crippen LogP contribution in [0, 0.1) is 0 Å². The normalized spacial score (nSPS) is 13.6. The van der Waals surface area contributed by atoms with E-state index in [0.29, 0.717) is 25.9 Å². The molecule has 0 radical (unpaired) electrons. The van der Waals surface area contributed by atoms with E-state index in [0.717, 1.165) is 0 Å². The molecule has 0 atom stereocenters. The van der Waals surface area contributed by atoms with E-state index in [2.05, 4.69) is 0 Å². The summed E-state index contributed by atoms with van der Waals surface area (Å²) in [7, 11) is -3.13. The number of sulfonamides is 1. The predicted octanol–water partition coefficient (Wildman–Crippen LogP) is 2.24. The van der Waals surface area contributed by atoms with Gasteiger partial charge in [-0.15, -0.1) is 0 Å². The van der Waals surface area contributed by atoms with Crippen LogP contribution in [0.3, 0.4) is 0 Å². The van der Waals surface area contributed by atoms with Crippen LogP contribution in [0.2, 0.25) is 0 Å². The van der Waals surface area contributed by atoms with E-state index in [1.54, 1.807) is 4.31 Å². The molecule has 86 valence electrons. The fraction of sp³-hybridized carbons (Fsp3) is 1.00. The molecule has 0 aromatic heterocycles. The summed E-state index contributed by atoms with van der Waals surface area (Å²) in [4.78, 5) is 0. The SMILES string of the molecule is CCN(CC)S(=O)(=O)C(C)(CC)CC. The molecule has 3 nitrogen and oxygen atoms in total. The Morgan fingerprint density at radius 1 is 1.00 bits per heavy atom. The molecular weight excluding hydrogens is 198 g/mol. The van der Waals surface area contributed by atoms with Crippen LogP contribution in [0.5, 0.6) is 0 Å². The van der Waals surface area contributed by atoms with Gasteiger partial charge in [-0.1, -0.05) is 27.7 Å².